The van der Waals surface area contributed by atoms with Crippen LogP contribution in [0.15, 0.2) is 18.5 Å². The summed E-state index contributed by atoms with van der Waals surface area (Å²) >= 11 is 0. The second kappa shape index (κ2) is 3.92. The molecule has 17 heavy (non-hydrogen) atoms. The lowest BCUT2D eigenvalue weighted by molar-refractivity contribution is 0.131. The third-order valence-electron chi connectivity index (χ3n) is 4.07. The second-order valence-electron chi connectivity index (χ2n) is 5.26. The lowest BCUT2D eigenvalue weighted by Gasteiger charge is -2.51. The molecule has 0 radical (unpaired) electrons. The third-order valence-corrected chi connectivity index (χ3v) is 4.07. The highest BCUT2D eigenvalue weighted by Gasteiger charge is 2.52. The van der Waals surface area contributed by atoms with Gasteiger partial charge in [0.05, 0.1) is 5.54 Å². The first-order chi connectivity index (χ1) is 8.23. The molecule has 3 rings (SSSR count). The molecule has 5 nitrogen and oxygen atoms in total. The molecule has 1 aromatic heterocycles. The Morgan fingerprint density at radius 1 is 1.41 bits per heavy atom. The SMILES string of the molecule is CN1CC(CO)CC12CN(c1ncccn1)C2. The first-order valence-electron chi connectivity index (χ1n) is 6.08. The number of hydrogen-bond donors (Lipinski definition) is 1. The number of aromatic nitrogens is 2. The zero-order chi connectivity index (χ0) is 11.9. The highest BCUT2D eigenvalue weighted by molar-refractivity contribution is 5.38. The van der Waals surface area contributed by atoms with Crippen LogP contribution in [0, 0.1) is 5.92 Å². The van der Waals surface area contributed by atoms with E-state index in [-0.39, 0.29) is 5.54 Å². The van der Waals surface area contributed by atoms with E-state index in [1.807, 2.05) is 6.07 Å². The second-order valence-corrected chi connectivity index (χ2v) is 5.26. The van der Waals surface area contributed by atoms with E-state index in [1.165, 1.54) is 0 Å². The molecule has 1 atom stereocenters. The Morgan fingerprint density at radius 3 is 2.71 bits per heavy atom. The largest absolute Gasteiger partial charge is 0.396 e. The Bertz CT molecular complexity index is 391. The summed E-state index contributed by atoms with van der Waals surface area (Å²) in [4.78, 5) is 13.1. The van der Waals surface area contributed by atoms with Crippen molar-refractivity contribution < 1.29 is 5.11 Å². The summed E-state index contributed by atoms with van der Waals surface area (Å²) in [5, 5.41) is 9.25. The van der Waals surface area contributed by atoms with Gasteiger partial charge in [0.1, 0.15) is 0 Å². The van der Waals surface area contributed by atoms with Crippen LogP contribution in [0.2, 0.25) is 0 Å². The van der Waals surface area contributed by atoms with Gasteiger partial charge >= 0.3 is 0 Å². The van der Waals surface area contributed by atoms with Gasteiger partial charge in [-0.1, -0.05) is 0 Å². The predicted molar refractivity (Wildman–Crippen MR) is 64.8 cm³/mol. The summed E-state index contributed by atoms with van der Waals surface area (Å²) in [6.45, 7) is 3.25. The maximum atomic E-state index is 9.25. The smallest absolute Gasteiger partial charge is 0.225 e. The van der Waals surface area contributed by atoms with E-state index in [0.29, 0.717) is 12.5 Å². The monoisotopic (exact) mass is 234 g/mol. The van der Waals surface area contributed by atoms with Crippen LogP contribution in [0.1, 0.15) is 6.42 Å². The van der Waals surface area contributed by atoms with Crippen molar-refractivity contribution in [3.63, 3.8) is 0 Å². The van der Waals surface area contributed by atoms with Crippen molar-refractivity contribution >= 4 is 5.95 Å². The Labute approximate surface area is 101 Å². The molecule has 5 heteroatoms. The van der Waals surface area contributed by atoms with Crippen molar-refractivity contribution in [3.8, 4) is 0 Å². The van der Waals surface area contributed by atoms with Crippen LogP contribution < -0.4 is 4.90 Å². The third kappa shape index (κ3) is 1.70. The first-order valence-corrected chi connectivity index (χ1v) is 6.08. The van der Waals surface area contributed by atoms with Gasteiger partial charge in [-0.15, -0.1) is 0 Å². The van der Waals surface area contributed by atoms with Crippen LogP contribution in [0.25, 0.3) is 0 Å². The van der Waals surface area contributed by atoms with Gasteiger partial charge < -0.3 is 10.0 Å². The molecule has 2 aliphatic rings. The lowest BCUT2D eigenvalue weighted by atomic mass is 9.85. The van der Waals surface area contributed by atoms with E-state index >= 15 is 0 Å². The number of aliphatic hydroxyl groups is 1. The maximum absolute atomic E-state index is 9.25. The van der Waals surface area contributed by atoms with Gasteiger partial charge in [0.2, 0.25) is 5.95 Å². The molecule has 1 N–H and O–H groups in total. The van der Waals surface area contributed by atoms with Gasteiger partial charge in [0.15, 0.2) is 0 Å². The molecule has 1 spiro atoms. The first kappa shape index (κ1) is 10.9. The van der Waals surface area contributed by atoms with Crippen molar-refractivity contribution in [3.05, 3.63) is 18.5 Å². The summed E-state index contributed by atoms with van der Waals surface area (Å²) in [6.07, 6.45) is 4.65. The fraction of sp³-hybridized carbons (Fsp3) is 0.667. The molecule has 1 aromatic rings. The van der Waals surface area contributed by atoms with E-state index in [4.69, 9.17) is 0 Å². The van der Waals surface area contributed by atoms with E-state index < -0.39 is 0 Å². The summed E-state index contributed by atoms with van der Waals surface area (Å²) in [7, 11) is 2.15. The molecule has 2 saturated heterocycles. The Morgan fingerprint density at radius 2 is 2.12 bits per heavy atom. The molecule has 0 aliphatic carbocycles. The Kier molecular flexibility index (Phi) is 2.52. The quantitative estimate of drug-likeness (QED) is 0.779. The van der Waals surface area contributed by atoms with Crippen molar-refractivity contribution in [1.29, 1.82) is 0 Å². The van der Waals surface area contributed by atoms with E-state index in [9.17, 15) is 5.11 Å². The molecular weight excluding hydrogens is 216 g/mol. The number of rotatable bonds is 2. The zero-order valence-corrected chi connectivity index (χ0v) is 10.1. The number of anilines is 1. The average molecular weight is 234 g/mol. The molecule has 2 aliphatic heterocycles. The zero-order valence-electron chi connectivity index (χ0n) is 10.1. The number of hydrogen-bond acceptors (Lipinski definition) is 5. The normalized spacial score (nSPS) is 27.4. The fourth-order valence-corrected chi connectivity index (χ4v) is 3.09. The standard InChI is InChI=1S/C12H18N4O/c1-15-6-10(7-17)5-12(15)8-16(9-12)11-13-3-2-4-14-11/h2-4,10,17H,5-9H2,1H3. The molecule has 3 heterocycles. The van der Waals surface area contributed by atoms with E-state index in [1.54, 1.807) is 12.4 Å². The van der Waals surface area contributed by atoms with Crippen molar-refractivity contribution in [2.75, 3.05) is 38.2 Å². The molecule has 0 saturated carbocycles. The van der Waals surface area contributed by atoms with Crippen molar-refractivity contribution in [2.24, 2.45) is 5.92 Å². The minimum Gasteiger partial charge on any atom is -0.396 e. The topological polar surface area (TPSA) is 52.5 Å². The Hall–Kier alpha value is -1.20. The molecule has 2 fully saturated rings. The molecule has 92 valence electrons. The van der Waals surface area contributed by atoms with Gasteiger partial charge in [-0.05, 0) is 25.5 Å². The fourth-order valence-electron chi connectivity index (χ4n) is 3.09. The summed E-state index contributed by atoms with van der Waals surface area (Å²) in [5.41, 5.74) is 0.243. The van der Waals surface area contributed by atoms with E-state index in [2.05, 4.69) is 26.8 Å². The summed E-state index contributed by atoms with van der Waals surface area (Å²) in [5.74, 6) is 1.25. The van der Waals surface area contributed by atoms with Crippen LogP contribution in [-0.2, 0) is 0 Å². The van der Waals surface area contributed by atoms with Gasteiger partial charge in [0.25, 0.3) is 0 Å². The molecule has 0 amide bonds. The number of nitrogens with zero attached hydrogens (tertiary/aromatic N) is 4. The predicted octanol–water partition coefficient (Wildman–Crippen LogP) is -0.0206. The highest BCUT2D eigenvalue weighted by atomic mass is 16.3. The minimum absolute atomic E-state index is 0.243. The molecule has 0 aromatic carbocycles. The summed E-state index contributed by atoms with van der Waals surface area (Å²) < 4.78 is 0. The van der Waals surface area contributed by atoms with Gasteiger partial charge in [0, 0.05) is 38.6 Å². The van der Waals surface area contributed by atoms with Gasteiger partial charge in [-0.25, -0.2) is 9.97 Å². The van der Waals surface area contributed by atoms with Crippen LogP contribution in [0.5, 0.6) is 0 Å². The minimum atomic E-state index is 0.243. The number of aliphatic hydroxyl groups excluding tert-OH is 1. The van der Waals surface area contributed by atoms with Crippen LogP contribution in [0.4, 0.5) is 5.95 Å². The maximum Gasteiger partial charge on any atom is 0.225 e. The number of likely N-dealkylation sites (tertiary alicyclic amines) is 1. The lowest BCUT2D eigenvalue weighted by Crippen LogP contribution is -2.67. The molecular formula is C12H18N4O. The van der Waals surface area contributed by atoms with Crippen LogP contribution >= 0.6 is 0 Å². The van der Waals surface area contributed by atoms with Crippen LogP contribution in [-0.4, -0.2) is 58.8 Å². The molecule has 1 unspecified atom stereocenters. The highest BCUT2D eigenvalue weighted by Crippen LogP contribution is 2.40. The van der Waals surface area contributed by atoms with Crippen molar-refractivity contribution in [1.82, 2.24) is 14.9 Å². The number of likely N-dealkylation sites (N-methyl/N-ethyl adjacent to an activating group) is 1. The molecule has 0 bridgehead atoms. The Balaban J connectivity index is 1.68. The van der Waals surface area contributed by atoms with Gasteiger partial charge in [-0.3, -0.25) is 4.90 Å². The van der Waals surface area contributed by atoms with Crippen LogP contribution in [0.3, 0.4) is 0 Å². The van der Waals surface area contributed by atoms with Crippen molar-refractivity contribution in [2.45, 2.75) is 12.0 Å². The van der Waals surface area contributed by atoms with Gasteiger partial charge in [-0.2, -0.15) is 0 Å². The van der Waals surface area contributed by atoms with E-state index in [0.717, 1.165) is 32.0 Å². The summed E-state index contributed by atoms with van der Waals surface area (Å²) in [6, 6.07) is 1.84. The average Bonchev–Trinajstić information content (AvgIpc) is 2.66.